The summed E-state index contributed by atoms with van der Waals surface area (Å²) < 4.78 is 5.04. The molecule has 2 heterocycles. The maximum atomic E-state index is 12.1. The first-order chi connectivity index (χ1) is 10.1. The van der Waals surface area contributed by atoms with E-state index in [1.807, 2.05) is 12.3 Å². The molecule has 0 spiro atoms. The first kappa shape index (κ1) is 15.2. The summed E-state index contributed by atoms with van der Waals surface area (Å²) >= 11 is 1.59. The molecule has 112 valence electrons. The normalized spacial score (nSPS) is 10.2. The van der Waals surface area contributed by atoms with Gasteiger partial charge < -0.3 is 15.0 Å². The number of rotatable bonds is 5. The van der Waals surface area contributed by atoms with Crippen LogP contribution in [0.25, 0.3) is 0 Å². The first-order valence-corrected chi connectivity index (χ1v) is 7.40. The lowest BCUT2D eigenvalue weighted by atomic mass is 10.3. The largest absolute Gasteiger partial charge is 0.481 e. The van der Waals surface area contributed by atoms with Gasteiger partial charge in [0.25, 0.3) is 0 Å². The minimum atomic E-state index is -0.165. The van der Waals surface area contributed by atoms with Crippen LogP contribution < -0.4 is 10.1 Å². The average Bonchev–Trinajstić information content (AvgIpc) is 3.00. The third-order valence-electron chi connectivity index (χ3n) is 3.00. The van der Waals surface area contributed by atoms with E-state index in [9.17, 15) is 4.79 Å². The van der Waals surface area contributed by atoms with Gasteiger partial charge in [-0.15, -0.1) is 11.3 Å². The Morgan fingerprint density at radius 2 is 2.29 bits per heavy atom. The topological polar surface area (TPSA) is 67.3 Å². The van der Waals surface area contributed by atoms with Crippen LogP contribution >= 0.6 is 11.3 Å². The lowest BCUT2D eigenvalue weighted by Crippen LogP contribution is -2.33. The van der Waals surface area contributed by atoms with Gasteiger partial charge in [-0.3, -0.25) is 0 Å². The number of amides is 2. The Bertz CT molecular complexity index is 601. The summed E-state index contributed by atoms with van der Waals surface area (Å²) in [5.74, 6) is 0.530. The fraction of sp³-hybridized carbons (Fsp3) is 0.357. The second-order valence-corrected chi connectivity index (χ2v) is 5.49. The van der Waals surface area contributed by atoms with E-state index >= 15 is 0 Å². The highest BCUT2D eigenvalue weighted by Gasteiger charge is 2.11. The average molecular weight is 306 g/mol. The van der Waals surface area contributed by atoms with Crippen molar-refractivity contribution in [2.24, 2.45) is 0 Å². The fourth-order valence-electron chi connectivity index (χ4n) is 1.74. The van der Waals surface area contributed by atoms with Crippen LogP contribution in [0.2, 0.25) is 0 Å². The van der Waals surface area contributed by atoms with E-state index < -0.39 is 0 Å². The van der Waals surface area contributed by atoms with Crippen molar-refractivity contribution in [1.29, 1.82) is 0 Å². The molecule has 0 bridgehead atoms. The Labute approximate surface area is 127 Å². The van der Waals surface area contributed by atoms with E-state index in [0.29, 0.717) is 18.1 Å². The van der Waals surface area contributed by atoms with Crippen LogP contribution in [-0.2, 0) is 6.42 Å². The highest BCUT2D eigenvalue weighted by molar-refractivity contribution is 7.09. The molecule has 0 saturated heterocycles. The standard InChI is InChI=1S/C14H18N4O2S/c1-10-11(4-5-12(16-10)20-3)17-14(19)18(2)8-6-13-15-7-9-21-13/h4-5,7,9H,6,8H2,1-3H3,(H,17,19). The van der Waals surface area contributed by atoms with Crippen molar-refractivity contribution >= 4 is 23.1 Å². The predicted molar refractivity (Wildman–Crippen MR) is 83.0 cm³/mol. The van der Waals surface area contributed by atoms with Crippen molar-refractivity contribution in [2.75, 3.05) is 26.0 Å². The van der Waals surface area contributed by atoms with Crippen molar-refractivity contribution in [1.82, 2.24) is 14.9 Å². The number of likely N-dealkylation sites (N-methyl/N-ethyl adjacent to an activating group) is 1. The number of methoxy groups -OCH3 is 1. The molecule has 0 aliphatic rings. The van der Waals surface area contributed by atoms with Gasteiger partial charge in [0.05, 0.1) is 23.5 Å². The van der Waals surface area contributed by atoms with Crippen molar-refractivity contribution < 1.29 is 9.53 Å². The van der Waals surface area contributed by atoms with E-state index in [1.165, 1.54) is 0 Å². The second kappa shape index (κ2) is 7.03. The van der Waals surface area contributed by atoms with E-state index in [-0.39, 0.29) is 6.03 Å². The molecule has 1 N–H and O–H groups in total. The van der Waals surface area contributed by atoms with E-state index in [4.69, 9.17) is 4.74 Å². The van der Waals surface area contributed by atoms with Gasteiger partial charge in [0, 0.05) is 37.7 Å². The number of urea groups is 1. The van der Waals surface area contributed by atoms with Crippen LogP contribution in [0.15, 0.2) is 23.7 Å². The number of hydrogen-bond donors (Lipinski definition) is 1. The number of carbonyl (C=O) groups excluding carboxylic acids is 1. The molecule has 0 aliphatic carbocycles. The van der Waals surface area contributed by atoms with Crippen LogP contribution in [0.5, 0.6) is 5.88 Å². The number of ether oxygens (including phenoxy) is 1. The van der Waals surface area contributed by atoms with Gasteiger partial charge >= 0.3 is 6.03 Å². The Balaban J connectivity index is 1.91. The summed E-state index contributed by atoms with van der Waals surface area (Å²) in [7, 11) is 3.32. The summed E-state index contributed by atoms with van der Waals surface area (Å²) in [6.07, 6.45) is 2.52. The Morgan fingerprint density at radius 1 is 1.48 bits per heavy atom. The number of nitrogens with zero attached hydrogens (tertiary/aromatic N) is 3. The SMILES string of the molecule is COc1ccc(NC(=O)N(C)CCc2nccs2)c(C)n1. The molecule has 0 fully saturated rings. The fourth-order valence-corrected chi connectivity index (χ4v) is 2.35. The molecule has 21 heavy (non-hydrogen) atoms. The van der Waals surface area contributed by atoms with Gasteiger partial charge in [-0.05, 0) is 13.0 Å². The Hall–Kier alpha value is -2.15. The van der Waals surface area contributed by atoms with E-state index in [0.717, 1.165) is 17.1 Å². The molecule has 0 radical (unpaired) electrons. The zero-order valence-electron chi connectivity index (χ0n) is 12.3. The van der Waals surface area contributed by atoms with Crippen molar-refractivity contribution in [3.63, 3.8) is 0 Å². The number of anilines is 1. The molecule has 6 nitrogen and oxygen atoms in total. The number of nitrogens with one attached hydrogen (secondary N) is 1. The highest BCUT2D eigenvalue weighted by Crippen LogP contribution is 2.17. The summed E-state index contributed by atoms with van der Waals surface area (Å²) in [6.45, 7) is 2.44. The molecule has 7 heteroatoms. The quantitative estimate of drug-likeness (QED) is 0.922. The zero-order valence-corrected chi connectivity index (χ0v) is 13.1. The van der Waals surface area contributed by atoms with Crippen LogP contribution in [0.3, 0.4) is 0 Å². The third-order valence-corrected chi connectivity index (χ3v) is 3.84. The number of aryl methyl sites for hydroxylation is 1. The van der Waals surface area contributed by atoms with Crippen LogP contribution in [0.4, 0.5) is 10.5 Å². The molecular weight excluding hydrogens is 288 g/mol. The predicted octanol–water partition coefficient (Wildman–Crippen LogP) is 2.56. The third kappa shape index (κ3) is 4.16. The number of thiazole rings is 1. The van der Waals surface area contributed by atoms with Gasteiger partial charge in [0.1, 0.15) is 0 Å². The number of hydrogen-bond acceptors (Lipinski definition) is 5. The first-order valence-electron chi connectivity index (χ1n) is 6.52. The Morgan fingerprint density at radius 3 is 2.90 bits per heavy atom. The lowest BCUT2D eigenvalue weighted by Gasteiger charge is -2.18. The second-order valence-electron chi connectivity index (χ2n) is 4.51. The molecule has 0 atom stereocenters. The lowest BCUT2D eigenvalue weighted by molar-refractivity contribution is 0.223. The maximum absolute atomic E-state index is 12.1. The number of pyridine rings is 1. The van der Waals surface area contributed by atoms with Gasteiger partial charge in [0.15, 0.2) is 0 Å². The highest BCUT2D eigenvalue weighted by atomic mass is 32.1. The molecule has 2 aromatic rings. The molecular formula is C14H18N4O2S. The molecule has 0 aromatic carbocycles. The monoisotopic (exact) mass is 306 g/mol. The van der Waals surface area contributed by atoms with E-state index in [1.54, 1.807) is 48.7 Å². The molecule has 0 saturated carbocycles. The van der Waals surface area contributed by atoms with Crippen molar-refractivity contribution in [2.45, 2.75) is 13.3 Å². The summed E-state index contributed by atoms with van der Waals surface area (Å²) in [5.41, 5.74) is 1.40. The van der Waals surface area contributed by atoms with Crippen LogP contribution in [-0.4, -0.2) is 41.6 Å². The van der Waals surface area contributed by atoms with Gasteiger partial charge in [-0.1, -0.05) is 0 Å². The van der Waals surface area contributed by atoms with Gasteiger partial charge in [-0.25, -0.2) is 14.8 Å². The van der Waals surface area contributed by atoms with Crippen LogP contribution in [0.1, 0.15) is 10.7 Å². The molecule has 2 aromatic heterocycles. The maximum Gasteiger partial charge on any atom is 0.321 e. The molecule has 0 aliphatic heterocycles. The van der Waals surface area contributed by atoms with E-state index in [2.05, 4.69) is 15.3 Å². The van der Waals surface area contributed by atoms with Crippen molar-refractivity contribution in [3.8, 4) is 5.88 Å². The minimum Gasteiger partial charge on any atom is -0.481 e. The Kier molecular flexibility index (Phi) is 5.10. The summed E-state index contributed by atoms with van der Waals surface area (Å²) in [6, 6.07) is 3.34. The summed E-state index contributed by atoms with van der Waals surface area (Å²) in [4.78, 5) is 22.2. The molecule has 2 amide bonds. The van der Waals surface area contributed by atoms with Gasteiger partial charge in [-0.2, -0.15) is 0 Å². The molecule has 2 rings (SSSR count). The summed E-state index contributed by atoms with van der Waals surface area (Å²) in [5, 5.41) is 5.80. The van der Waals surface area contributed by atoms with Gasteiger partial charge in [0.2, 0.25) is 5.88 Å². The van der Waals surface area contributed by atoms with Crippen molar-refractivity contribution in [3.05, 3.63) is 34.4 Å². The van der Waals surface area contributed by atoms with Crippen LogP contribution in [0, 0.1) is 6.92 Å². The molecule has 0 unspecified atom stereocenters. The number of carbonyl (C=O) groups is 1. The smallest absolute Gasteiger partial charge is 0.321 e. The minimum absolute atomic E-state index is 0.165. The zero-order chi connectivity index (χ0) is 15.2. The number of aromatic nitrogens is 2.